The van der Waals surface area contributed by atoms with E-state index in [2.05, 4.69) is 6.92 Å². The Kier molecular flexibility index (Phi) is 5.43. The molecular formula is C12H19ClN2OS. The van der Waals surface area contributed by atoms with E-state index in [0.717, 1.165) is 18.5 Å². The zero-order valence-electron chi connectivity index (χ0n) is 9.96. The van der Waals surface area contributed by atoms with Crippen molar-refractivity contribution in [3.05, 3.63) is 22.4 Å². The number of halogens is 1. The fraction of sp³-hybridized carbons (Fsp3) is 0.583. The van der Waals surface area contributed by atoms with Crippen LogP contribution in [0.3, 0.4) is 0 Å². The lowest BCUT2D eigenvalue weighted by Gasteiger charge is -2.21. The smallest absolute Gasteiger partial charge is 0.227 e. The molecule has 0 saturated carbocycles. The Morgan fingerprint density at radius 3 is 2.94 bits per heavy atom. The first-order valence-corrected chi connectivity index (χ1v) is 6.65. The molecule has 1 aliphatic heterocycles. The lowest BCUT2D eigenvalue weighted by atomic mass is 10.1. The van der Waals surface area contributed by atoms with Crippen LogP contribution in [0.1, 0.15) is 18.9 Å². The Morgan fingerprint density at radius 1 is 1.65 bits per heavy atom. The van der Waals surface area contributed by atoms with Gasteiger partial charge in [-0.25, -0.2) is 0 Å². The first-order valence-electron chi connectivity index (χ1n) is 5.71. The van der Waals surface area contributed by atoms with E-state index >= 15 is 0 Å². The van der Waals surface area contributed by atoms with Crippen molar-refractivity contribution >= 4 is 29.7 Å². The summed E-state index contributed by atoms with van der Waals surface area (Å²) in [7, 11) is 0. The van der Waals surface area contributed by atoms with E-state index < -0.39 is 0 Å². The largest absolute Gasteiger partial charge is 0.339 e. The molecule has 0 radical (unpaired) electrons. The molecule has 1 saturated heterocycles. The van der Waals surface area contributed by atoms with Crippen LogP contribution in [-0.2, 0) is 11.2 Å². The minimum atomic E-state index is 0. The van der Waals surface area contributed by atoms with Crippen molar-refractivity contribution in [2.75, 3.05) is 13.1 Å². The molecule has 2 N–H and O–H groups in total. The summed E-state index contributed by atoms with van der Waals surface area (Å²) in [4.78, 5) is 14.1. The molecule has 17 heavy (non-hydrogen) atoms. The van der Waals surface area contributed by atoms with Crippen molar-refractivity contribution in [2.24, 2.45) is 11.7 Å². The first kappa shape index (κ1) is 14.5. The summed E-state index contributed by atoms with van der Waals surface area (Å²) in [6.45, 7) is 3.63. The van der Waals surface area contributed by atoms with Gasteiger partial charge in [0.1, 0.15) is 0 Å². The van der Waals surface area contributed by atoms with Gasteiger partial charge in [0, 0.05) is 12.6 Å². The normalized spacial score (nSPS) is 23.5. The summed E-state index contributed by atoms with van der Waals surface area (Å²) in [5.41, 5.74) is 6.78. The number of nitrogens with zero attached hydrogens (tertiary/aromatic N) is 1. The third kappa shape index (κ3) is 3.44. The third-order valence-electron chi connectivity index (χ3n) is 3.25. The van der Waals surface area contributed by atoms with Crippen LogP contribution in [0.5, 0.6) is 0 Å². The summed E-state index contributed by atoms with van der Waals surface area (Å²) < 4.78 is 0. The molecule has 2 atom stereocenters. The second-order valence-corrected chi connectivity index (χ2v) is 5.32. The van der Waals surface area contributed by atoms with E-state index in [1.807, 2.05) is 21.7 Å². The molecule has 2 unspecified atom stereocenters. The maximum absolute atomic E-state index is 12.1. The van der Waals surface area contributed by atoms with Gasteiger partial charge in [-0.05, 0) is 48.2 Å². The average Bonchev–Trinajstić information content (AvgIpc) is 2.87. The maximum atomic E-state index is 12.1. The van der Waals surface area contributed by atoms with Crippen molar-refractivity contribution in [1.29, 1.82) is 0 Å². The zero-order chi connectivity index (χ0) is 11.5. The molecule has 0 aromatic carbocycles. The minimum Gasteiger partial charge on any atom is -0.339 e. The third-order valence-corrected chi connectivity index (χ3v) is 3.98. The van der Waals surface area contributed by atoms with Crippen LogP contribution in [0.15, 0.2) is 16.8 Å². The highest BCUT2D eigenvalue weighted by molar-refractivity contribution is 7.07. The molecule has 0 bridgehead atoms. The Balaban J connectivity index is 0.00000144. The van der Waals surface area contributed by atoms with Crippen LogP contribution < -0.4 is 5.73 Å². The number of likely N-dealkylation sites (tertiary alicyclic amines) is 1. The van der Waals surface area contributed by atoms with Gasteiger partial charge in [0.15, 0.2) is 0 Å². The summed E-state index contributed by atoms with van der Waals surface area (Å²) >= 11 is 1.64. The number of hydrogen-bond acceptors (Lipinski definition) is 3. The standard InChI is InChI=1S/C12H18N2OS.ClH/c1-9-4-11(6-13)7-14(9)12(15)5-10-2-3-16-8-10;/h2-3,8-9,11H,4-7,13H2,1H3;1H. The van der Waals surface area contributed by atoms with Gasteiger partial charge in [-0.3, -0.25) is 4.79 Å². The van der Waals surface area contributed by atoms with Crippen molar-refractivity contribution in [3.8, 4) is 0 Å². The minimum absolute atomic E-state index is 0. The van der Waals surface area contributed by atoms with E-state index in [1.54, 1.807) is 11.3 Å². The van der Waals surface area contributed by atoms with Gasteiger partial charge in [-0.2, -0.15) is 11.3 Å². The Bertz CT molecular complexity index is 355. The van der Waals surface area contributed by atoms with Gasteiger partial charge in [0.25, 0.3) is 0 Å². The molecule has 5 heteroatoms. The number of rotatable bonds is 3. The fourth-order valence-electron chi connectivity index (χ4n) is 2.33. The van der Waals surface area contributed by atoms with Crippen molar-refractivity contribution in [2.45, 2.75) is 25.8 Å². The Morgan fingerprint density at radius 2 is 2.41 bits per heavy atom. The monoisotopic (exact) mass is 274 g/mol. The highest BCUT2D eigenvalue weighted by Crippen LogP contribution is 2.23. The molecule has 3 nitrogen and oxygen atoms in total. The second-order valence-electron chi connectivity index (χ2n) is 4.54. The predicted octanol–water partition coefficient (Wildman–Crippen LogP) is 1.91. The summed E-state index contributed by atoms with van der Waals surface area (Å²) in [5, 5.41) is 4.05. The molecule has 96 valence electrons. The molecule has 1 fully saturated rings. The van der Waals surface area contributed by atoms with Crippen LogP contribution in [-0.4, -0.2) is 29.9 Å². The van der Waals surface area contributed by atoms with Crippen LogP contribution >= 0.6 is 23.7 Å². The van der Waals surface area contributed by atoms with Gasteiger partial charge in [-0.15, -0.1) is 12.4 Å². The highest BCUT2D eigenvalue weighted by atomic mass is 35.5. The predicted molar refractivity (Wildman–Crippen MR) is 73.6 cm³/mol. The molecule has 2 heterocycles. The van der Waals surface area contributed by atoms with Crippen molar-refractivity contribution in [1.82, 2.24) is 4.90 Å². The number of nitrogens with two attached hydrogens (primary N) is 1. The molecule has 1 aromatic rings. The molecule has 1 aromatic heterocycles. The molecule has 2 rings (SSSR count). The number of thiophene rings is 1. The van der Waals surface area contributed by atoms with Gasteiger partial charge in [0.2, 0.25) is 5.91 Å². The molecule has 1 amide bonds. The quantitative estimate of drug-likeness (QED) is 0.915. The van der Waals surface area contributed by atoms with E-state index in [1.165, 1.54) is 0 Å². The molecule has 0 spiro atoms. The van der Waals surface area contributed by atoms with Crippen molar-refractivity contribution in [3.63, 3.8) is 0 Å². The number of hydrogen-bond donors (Lipinski definition) is 1. The lowest BCUT2D eigenvalue weighted by Crippen LogP contribution is -2.35. The van der Waals surface area contributed by atoms with Crippen molar-refractivity contribution < 1.29 is 4.79 Å². The second kappa shape index (κ2) is 6.38. The zero-order valence-corrected chi connectivity index (χ0v) is 11.6. The first-order chi connectivity index (χ1) is 7.70. The summed E-state index contributed by atoms with van der Waals surface area (Å²) in [6.07, 6.45) is 1.58. The van der Waals surface area contributed by atoms with Crippen LogP contribution in [0.25, 0.3) is 0 Å². The van der Waals surface area contributed by atoms with Gasteiger partial charge < -0.3 is 10.6 Å². The fourth-order valence-corrected chi connectivity index (χ4v) is 3.00. The van der Waals surface area contributed by atoms with Crippen LogP contribution in [0.4, 0.5) is 0 Å². The van der Waals surface area contributed by atoms with Crippen LogP contribution in [0.2, 0.25) is 0 Å². The average molecular weight is 275 g/mol. The number of amides is 1. The van der Waals surface area contributed by atoms with Gasteiger partial charge in [0.05, 0.1) is 6.42 Å². The lowest BCUT2D eigenvalue weighted by molar-refractivity contribution is -0.131. The van der Waals surface area contributed by atoms with E-state index in [9.17, 15) is 4.79 Å². The van der Waals surface area contributed by atoms with Crippen LogP contribution in [0, 0.1) is 5.92 Å². The maximum Gasteiger partial charge on any atom is 0.227 e. The topological polar surface area (TPSA) is 46.3 Å². The molecule has 0 aliphatic carbocycles. The number of carbonyl (C=O) groups excluding carboxylic acids is 1. The van der Waals surface area contributed by atoms with E-state index in [-0.39, 0.29) is 18.3 Å². The van der Waals surface area contributed by atoms with E-state index in [4.69, 9.17) is 5.73 Å². The summed E-state index contributed by atoms with van der Waals surface area (Å²) in [6, 6.07) is 2.36. The SMILES string of the molecule is CC1CC(CN)CN1C(=O)Cc1ccsc1.Cl. The summed E-state index contributed by atoms with van der Waals surface area (Å²) in [5.74, 6) is 0.725. The van der Waals surface area contributed by atoms with Gasteiger partial charge in [-0.1, -0.05) is 0 Å². The highest BCUT2D eigenvalue weighted by Gasteiger charge is 2.31. The van der Waals surface area contributed by atoms with E-state index in [0.29, 0.717) is 24.9 Å². The number of carbonyl (C=O) groups is 1. The molecular weight excluding hydrogens is 256 g/mol. The Labute approximate surface area is 112 Å². The Hall–Kier alpha value is -0.580. The molecule has 1 aliphatic rings. The van der Waals surface area contributed by atoms with Gasteiger partial charge >= 0.3 is 0 Å².